The second kappa shape index (κ2) is 9.10. The van der Waals surface area contributed by atoms with Crippen LogP contribution >= 0.6 is 0 Å². The Bertz CT molecular complexity index is 1440. The maximum Gasteiger partial charge on any atom is 0.232 e. The van der Waals surface area contributed by atoms with Crippen molar-refractivity contribution in [1.29, 1.82) is 0 Å². The number of nitrogens with zero attached hydrogens (tertiary/aromatic N) is 2. The summed E-state index contributed by atoms with van der Waals surface area (Å²) in [4.78, 5) is 4.46. The SMILES string of the molecule is CCCS(=O)(=O)Nc1cc(-c2cnc3cc(OC)c(S(=O)(=O)C(C)(C)C)cn23)cc(C)c1OC. The maximum absolute atomic E-state index is 13.2. The van der Waals surface area contributed by atoms with Crippen LogP contribution in [-0.2, 0) is 19.9 Å². The number of ether oxygens (including phenoxy) is 2. The van der Waals surface area contributed by atoms with Gasteiger partial charge >= 0.3 is 0 Å². The zero-order valence-electron chi connectivity index (χ0n) is 20.5. The molecule has 0 aliphatic rings. The minimum atomic E-state index is -3.73. The minimum Gasteiger partial charge on any atom is -0.495 e. The highest BCUT2D eigenvalue weighted by atomic mass is 32.2. The summed E-state index contributed by atoms with van der Waals surface area (Å²) >= 11 is 0. The molecule has 34 heavy (non-hydrogen) atoms. The zero-order chi connectivity index (χ0) is 25.5. The Labute approximate surface area is 201 Å². The van der Waals surface area contributed by atoms with Gasteiger partial charge in [-0.1, -0.05) is 6.92 Å². The average molecular weight is 510 g/mol. The topological polar surface area (TPSA) is 116 Å². The van der Waals surface area contributed by atoms with E-state index in [1.165, 1.54) is 20.4 Å². The number of nitrogens with one attached hydrogen (secondary N) is 1. The molecule has 1 N–H and O–H groups in total. The first-order valence-corrected chi connectivity index (χ1v) is 13.9. The van der Waals surface area contributed by atoms with Crippen molar-refractivity contribution in [2.24, 2.45) is 0 Å². The lowest BCUT2D eigenvalue weighted by Crippen LogP contribution is -2.28. The molecular formula is C23H31N3O6S2. The fourth-order valence-corrected chi connectivity index (χ4v) is 6.08. The van der Waals surface area contributed by atoms with Crippen LogP contribution in [-0.4, -0.2) is 50.9 Å². The third kappa shape index (κ3) is 4.72. The predicted molar refractivity (Wildman–Crippen MR) is 133 cm³/mol. The van der Waals surface area contributed by atoms with E-state index in [0.717, 1.165) is 0 Å². The Morgan fingerprint density at radius 1 is 1.06 bits per heavy atom. The monoisotopic (exact) mass is 509 g/mol. The Morgan fingerprint density at radius 3 is 2.29 bits per heavy atom. The van der Waals surface area contributed by atoms with Crippen molar-refractivity contribution >= 4 is 31.2 Å². The molecule has 0 fully saturated rings. The third-order valence-corrected chi connectivity index (χ3v) is 9.38. The van der Waals surface area contributed by atoms with Crippen molar-refractivity contribution in [2.45, 2.75) is 50.7 Å². The smallest absolute Gasteiger partial charge is 0.232 e. The predicted octanol–water partition coefficient (Wildman–Crippen LogP) is 4.05. The number of hydrogen-bond acceptors (Lipinski definition) is 7. The van der Waals surface area contributed by atoms with Crippen molar-refractivity contribution in [3.63, 3.8) is 0 Å². The van der Waals surface area contributed by atoms with Gasteiger partial charge in [-0.25, -0.2) is 21.8 Å². The van der Waals surface area contributed by atoms with Gasteiger partial charge < -0.3 is 9.47 Å². The fourth-order valence-electron chi connectivity index (χ4n) is 3.65. The van der Waals surface area contributed by atoms with Gasteiger partial charge in [0.25, 0.3) is 0 Å². The summed E-state index contributed by atoms with van der Waals surface area (Å²) in [7, 11) is -4.40. The van der Waals surface area contributed by atoms with Crippen LogP contribution in [0.15, 0.2) is 35.5 Å². The fraction of sp³-hybridized carbons (Fsp3) is 0.435. The molecule has 0 saturated carbocycles. The van der Waals surface area contributed by atoms with E-state index in [-0.39, 0.29) is 16.4 Å². The second-order valence-corrected chi connectivity index (χ2v) is 13.5. The summed E-state index contributed by atoms with van der Waals surface area (Å²) in [6.07, 6.45) is 3.57. The summed E-state index contributed by atoms with van der Waals surface area (Å²) < 4.78 is 65.4. The molecular weight excluding hydrogens is 478 g/mol. The summed E-state index contributed by atoms with van der Waals surface area (Å²) in [6, 6.07) is 5.07. The van der Waals surface area contributed by atoms with Gasteiger partial charge in [0.2, 0.25) is 10.0 Å². The minimum absolute atomic E-state index is 0.0249. The number of aromatic nitrogens is 2. The molecule has 0 aliphatic carbocycles. The largest absolute Gasteiger partial charge is 0.495 e. The number of imidazole rings is 1. The van der Waals surface area contributed by atoms with Gasteiger partial charge in [-0.05, 0) is 51.8 Å². The average Bonchev–Trinajstić information content (AvgIpc) is 3.14. The molecule has 0 aliphatic heterocycles. The highest BCUT2D eigenvalue weighted by Gasteiger charge is 2.34. The number of rotatable bonds is 8. The van der Waals surface area contributed by atoms with Gasteiger partial charge in [0.15, 0.2) is 9.84 Å². The van der Waals surface area contributed by atoms with Crippen molar-refractivity contribution in [1.82, 2.24) is 9.38 Å². The third-order valence-electron chi connectivity index (χ3n) is 5.40. The first kappa shape index (κ1) is 25.8. The molecule has 3 aromatic rings. The van der Waals surface area contributed by atoms with Crippen LogP contribution in [0.25, 0.3) is 16.9 Å². The molecule has 186 valence electrons. The lowest BCUT2D eigenvalue weighted by Gasteiger charge is -2.21. The van der Waals surface area contributed by atoms with Crippen LogP contribution in [0.4, 0.5) is 5.69 Å². The number of pyridine rings is 1. The number of anilines is 1. The number of methoxy groups -OCH3 is 2. The maximum atomic E-state index is 13.2. The van der Waals surface area contributed by atoms with Gasteiger partial charge in [-0.15, -0.1) is 0 Å². The Kier molecular flexibility index (Phi) is 6.92. The van der Waals surface area contributed by atoms with Gasteiger partial charge in [-0.2, -0.15) is 0 Å². The van der Waals surface area contributed by atoms with E-state index >= 15 is 0 Å². The van der Waals surface area contributed by atoms with E-state index in [0.29, 0.717) is 40.3 Å². The van der Waals surface area contributed by atoms with Crippen molar-refractivity contribution in [3.8, 4) is 22.8 Å². The molecule has 0 spiro atoms. The van der Waals surface area contributed by atoms with E-state index < -0.39 is 24.6 Å². The molecule has 0 radical (unpaired) electrons. The van der Waals surface area contributed by atoms with Crippen LogP contribution in [0.1, 0.15) is 39.7 Å². The van der Waals surface area contributed by atoms with Crippen LogP contribution < -0.4 is 14.2 Å². The first-order chi connectivity index (χ1) is 15.8. The molecule has 11 heteroatoms. The highest BCUT2D eigenvalue weighted by Crippen LogP contribution is 2.37. The number of aryl methyl sites for hydroxylation is 1. The Hall–Kier alpha value is -2.79. The van der Waals surface area contributed by atoms with E-state index in [1.807, 2.05) is 13.0 Å². The molecule has 0 bridgehead atoms. The number of hydrogen-bond donors (Lipinski definition) is 1. The Balaban J connectivity index is 2.26. The van der Waals surface area contributed by atoms with E-state index in [4.69, 9.17) is 9.47 Å². The van der Waals surface area contributed by atoms with Gasteiger partial charge in [-0.3, -0.25) is 9.12 Å². The molecule has 3 rings (SSSR count). The standard InChI is InChI=1S/C23H31N3O6S2/c1-8-9-33(27,28)25-17-11-16(10-15(2)22(17)32-7)18-13-24-21-12-19(31-6)20(14-26(18)21)34(29,30)23(3,4)5/h10-14,25H,8-9H2,1-7H3. The zero-order valence-corrected chi connectivity index (χ0v) is 22.1. The van der Waals surface area contributed by atoms with Crippen molar-refractivity contribution in [2.75, 3.05) is 24.7 Å². The summed E-state index contributed by atoms with van der Waals surface area (Å²) in [6.45, 7) is 8.47. The molecule has 0 unspecified atom stereocenters. The molecule has 1 aromatic carbocycles. The molecule has 0 amide bonds. The Morgan fingerprint density at radius 2 is 1.74 bits per heavy atom. The molecule has 2 heterocycles. The normalized spacial score (nSPS) is 12.7. The molecule has 9 nitrogen and oxygen atoms in total. The lowest BCUT2D eigenvalue weighted by molar-refractivity contribution is 0.401. The molecule has 0 atom stereocenters. The highest BCUT2D eigenvalue weighted by molar-refractivity contribution is 7.93. The van der Waals surface area contributed by atoms with Gasteiger partial charge in [0.05, 0.1) is 42.3 Å². The number of benzene rings is 1. The summed E-state index contributed by atoms with van der Waals surface area (Å²) in [5.41, 5.74) is 2.73. The van der Waals surface area contributed by atoms with Crippen molar-refractivity contribution in [3.05, 3.63) is 36.2 Å². The van der Waals surface area contributed by atoms with E-state index in [9.17, 15) is 16.8 Å². The first-order valence-electron chi connectivity index (χ1n) is 10.7. The van der Waals surface area contributed by atoms with E-state index in [2.05, 4.69) is 9.71 Å². The quantitative estimate of drug-likeness (QED) is 0.487. The number of sulfonamides is 1. The van der Waals surface area contributed by atoms with Crippen LogP contribution in [0.2, 0.25) is 0 Å². The van der Waals surface area contributed by atoms with Crippen LogP contribution in [0.5, 0.6) is 11.5 Å². The van der Waals surface area contributed by atoms with Crippen molar-refractivity contribution < 1.29 is 26.3 Å². The van der Waals surface area contributed by atoms with Gasteiger partial charge in [0, 0.05) is 17.8 Å². The number of fused-ring (bicyclic) bond motifs is 1. The molecule has 2 aromatic heterocycles. The van der Waals surface area contributed by atoms with Crippen LogP contribution in [0.3, 0.4) is 0 Å². The number of sulfone groups is 1. The summed E-state index contributed by atoms with van der Waals surface area (Å²) in [5.74, 6) is 0.594. The van der Waals surface area contributed by atoms with E-state index in [1.54, 1.807) is 50.4 Å². The molecule has 0 saturated heterocycles. The second-order valence-electron chi connectivity index (χ2n) is 8.99. The lowest BCUT2D eigenvalue weighted by atomic mass is 10.1. The summed E-state index contributed by atoms with van der Waals surface area (Å²) in [5, 5.41) is 0. The van der Waals surface area contributed by atoms with Crippen LogP contribution in [0, 0.1) is 6.92 Å². The van der Waals surface area contributed by atoms with Gasteiger partial charge in [0.1, 0.15) is 22.0 Å².